The largest absolute Gasteiger partial charge is 0.350 e. The number of nitrogens with zero attached hydrogens (tertiary/aromatic N) is 6. The van der Waals surface area contributed by atoms with E-state index in [0.717, 1.165) is 5.69 Å². The summed E-state index contributed by atoms with van der Waals surface area (Å²) in [5.74, 6) is 0. The number of hydrogen-bond donors (Lipinski definition) is 0. The third-order valence-electron chi connectivity index (χ3n) is 3.27. The highest BCUT2D eigenvalue weighted by atomic mass is 16.6. The van der Waals surface area contributed by atoms with Gasteiger partial charge in [-0.15, -0.1) is 0 Å². The summed E-state index contributed by atoms with van der Waals surface area (Å²) in [6, 6.07) is 22.2. The second kappa shape index (κ2) is 8.25. The highest BCUT2D eigenvalue weighted by molar-refractivity contribution is 5.52. The highest BCUT2D eigenvalue weighted by Gasteiger charge is 2.01. The second-order valence-electron chi connectivity index (χ2n) is 5.11. The lowest BCUT2D eigenvalue weighted by Crippen LogP contribution is -1.85. The summed E-state index contributed by atoms with van der Waals surface area (Å²) in [5.41, 5.74) is 6.45. The van der Waals surface area contributed by atoms with Gasteiger partial charge >= 0.3 is 0 Å². The molecule has 3 aromatic carbocycles. The molecule has 0 fully saturated rings. The van der Waals surface area contributed by atoms with E-state index in [-0.39, 0.29) is 5.69 Å². The van der Waals surface area contributed by atoms with Gasteiger partial charge in [0.05, 0.1) is 16.3 Å². The molecule has 0 radical (unpaired) electrons. The van der Waals surface area contributed by atoms with E-state index in [0.29, 0.717) is 17.1 Å². The maximum absolute atomic E-state index is 10.6. The summed E-state index contributed by atoms with van der Waals surface area (Å²) in [7, 11) is 0. The zero-order valence-electron chi connectivity index (χ0n) is 13.5. The fourth-order valence-corrected chi connectivity index (χ4v) is 1.96. The van der Waals surface area contributed by atoms with Crippen LogP contribution in [0.4, 0.5) is 28.4 Å². The van der Waals surface area contributed by atoms with Crippen LogP contribution in [-0.2, 0) is 0 Å². The van der Waals surface area contributed by atoms with Gasteiger partial charge in [-0.25, -0.2) is 0 Å². The maximum Gasteiger partial charge on any atom is 0.269 e. The van der Waals surface area contributed by atoms with E-state index in [1.165, 1.54) is 24.3 Å². The Morgan fingerprint density at radius 1 is 0.692 bits per heavy atom. The number of nitro groups is 1. The zero-order chi connectivity index (χ0) is 18.2. The van der Waals surface area contributed by atoms with Crippen molar-refractivity contribution >= 4 is 28.4 Å². The van der Waals surface area contributed by atoms with Crippen LogP contribution >= 0.6 is 0 Å². The minimum atomic E-state index is -0.470. The van der Waals surface area contributed by atoms with E-state index in [2.05, 4.69) is 26.0 Å². The van der Waals surface area contributed by atoms with Gasteiger partial charge in [0.15, 0.2) is 0 Å². The van der Waals surface area contributed by atoms with Gasteiger partial charge in [0, 0.05) is 12.1 Å². The molecule has 0 aliphatic heterocycles. The van der Waals surface area contributed by atoms with Crippen LogP contribution in [0.1, 0.15) is 0 Å². The molecule has 128 valence electrons. The van der Waals surface area contributed by atoms with Crippen molar-refractivity contribution in [3.8, 4) is 0 Å². The smallest absolute Gasteiger partial charge is 0.269 e. The normalized spacial score (nSPS) is 11.1. The van der Waals surface area contributed by atoms with Crippen LogP contribution < -0.4 is 0 Å². The molecule has 8 nitrogen and oxygen atoms in total. The molecule has 0 atom stereocenters. The summed E-state index contributed by atoms with van der Waals surface area (Å²) in [5, 5.41) is 26.6. The highest BCUT2D eigenvalue weighted by Crippen LogP contribution is 2.25. The van der Waals surface area contributed by atoms with Crippen molar-refractivity contribution in [1.29, 1.82) is 0 Å². The summed E-state index contributed by atoms with van der Waals surface area (Å²) in [6.45, 7) is 0. The minimum Gasteiger partial charge on any atom is -0.350 e. The van der Waals surface area contributed by atoms with Gasteiger partial charge in [-0.05, 0) is 35.6 Å². The average molecular weight is 345 g/mol. The first kappa shape index (κ1) is 16.9. The Hall–Kier alpha value is -3.94. The number of hydrogen-bond acceptors (Lipinski definition) is 6. The van der Waals surface area contributed by atoms with Gasteiger partial charge in [-0.2, -0.15) is 10.2 Å². The van der Waals surface area contributed by atoms with Crippen molar-refractivity contribution in [2.45, 2.75) is 0 Å². The number of benzene rings is 3. The average Bonchev–Trinajstić information content (AvgIpc) is 2.68. The number of nitro benzene ring substituents is 1. The van der Waals surface area contributed by atoms with Gasteiger partial charge in [0.25, 0.3) is 5.69 Å². The fourth-order valence-electron chi connectivity index (χ4n) is 1.96. The van der Waals surface area contributed by atoms with Crippen LogP contribution in [-0.4, -0.2) is 4.92 Å². The van der Waals surface area contributed by atoms with E-state index < -0.39 is 4.92 Å². The predicted octanol–water partition coefficient (Wildman–Crippen LogP) is 6.71. The van der Waals surface area contributed by atoms with Crippen molar-refractivity contribution in [1.82, 2.24) is 0 Å². The molecule has 0 aromatic heterocycles. The summed E-state index contributed by atoms with van der Waals surface area (Å²) >= 11 is 0. The van der Waals surface area contributed by atoms with Gasteiger partial charge < -0.3 is 10.5 Å². The molecule has 26 heavy (non-hydrogen) atoms. The topological polar surface area (TPSA) is 107 Å². The molecule has 3 aromatic rings. The molecule has 0 N–H and O–H groups in total. The van der Waals surface area contributed by atoms with E-state index >= 15 is 0 Å². The van der Waals surface area contributed by atoms with Gasteiger partial charge in [-0.1, -0.05) is 42.5 Å². The molecule has 8 heteroatoms. The molecule has 0 aliphatic rings. The predicted molar refractivity (Wildman–Crippen MR) is 97.7 cm³/mol. The SMILES string of the molecule is O=[N+]([O-])c1ccc([N-]N=Nc2ccc(N=Nc3ccccc3)cc2)cc1. The first-order valence-corrected chi connectivity index (χ1v) is 7.64. The lowest BCUT2D eigenvalue weighted by molar-refractivity contribution is -0.384. The Labute approximate surface area is 149 Å². The quantitative estimate of drug-likeness (QED) is 0.281. The monoisotopic (exact) mass is 345 g/mol. The first-order valence-electron chi connectivity index (χ1n) is 7.64. The van der Waals surface area contributed by atoms with Crippen LogP contribution in [0.5, 0.6) is 0 Å². The van der Waals surface area contributed by atoms with E-state index in [9.17, 15) is 10.1 Å². The molecular formula is C18H13N6O2-. The van der Waals surface area contributed by atoms with Crippen molar-refractivity contribution < 1.29 is 4.92 Å². The van der Waals surface area contributed by atoms with Crippen LogP contribution in [0, 0.1) is 10.1 Å². The third kappa shape index (κ3) is 4.78. The molecule has 0 bridgehead atoms. The Kier molecular flexibility index (Phi) is 5.36. The van der Waals surface area contributed by atoms with Gasteiger partial charge in [-0.3, -0.25) is 15.3 Å². The van der Waals surface area contributed by atoms with Crippen molar-refractivity contribution in [3.05, 3.63) is 94.4 Å². The molecule has 0 unspecified atom stereocenters. The van der Waals surface area contributed by atoms with E-state index in [4.69, 9.17) is 0 Å². The van der Waals surface area contributed by atoms with Gasteiger partial charge in [0.1, 0.15) is 0 Å². The summed E-state index contributed by atoms with van der Waals surface area (Å²) in [6.07, 6.45) is 0. The summed E-state index contributed by atoms with van der Waals surface area (Å²) in [4.78, 5) is 10.1. The molecule has 0 aliphatic carbocycles. The van der Waals surface area contributed by atoms with Crippen LogP contribution in [0.2, 0.25) is 0 Å². The summed E-state index contributed by atoms with van der Waals surface area (Å²) < 4.78 is 0. The number of rotatable bonds is 6. The van der Waals surface area contributed by atoms with E-state index in [1.807, 2.05) is 30.3 Å². The van der Waals surface area contributed by atoms with Crippen molar-refractivity contribution in [2.75, 3.05) is 0 Å². The first-order chi connectivity index (χ1) is 12.7. The Bertz CT molecular complexity index is 922. The Balaban J connectivity index is 1.57. The van der Waals surface area contributed by atoms with Crippen LogP contribution in [0.15, 0.2) is 99.4 Å². The minimum absolute atomic E-state index is 0.00106. The molecule has 0 heterocycles. The van der Waals surface area contributed by atoms with E-state index in [1.54, 1.807) is 24.3 Å². The maximum atomic E-state index is 10.6. The zero-order valence-corrected chi connectivity index (χ0v) is 13.5. The van der Waals surface area contributed by atoms with Crippen molar-refractivity contribution in [2.24, 2.45) is 20.6 Å². The van der Waals surface area contributed by atoms with Crippen molar-refractivity contribution in [3.63, 3.8) is 0 Å². The fraction of sp³-hybridized carbons (Fsp3) is 0. The van der Waals surface area contributed by atoms with Crippen LogP contribution in [0.25, 0.3) is 5.43 Å². The number of azo groups is 1. The molecule has 3 rings (SSSR count). The standard InChI is InChI=1S/C18H13N6O2/c25-24(26)18-12-10-17(11-13-18)22-23-21-16-8-6-15(7-9-16)20-19-14-4-2-1-3-5-14/h1-13H/q-1. The lowest BCUT2D eigenvalue weighted by Gasteiger charge is -2.07. The second-order valence-corrected chi connectivity index (χ2v) is 5.11. The van der Waals surface area contributed by atoms with Crippen LogP contribution in [0.3, 0.4) is 0 Å². The lowest BCUT2D eigenvalue weighted by atomic mass is 10.3. The molecular weight excluding hydrogens is 332 g/mol. The Morgan fingerprint density at radius 2 is 1.23 bits per heavy atom. The van der Waals surface area contributed by atoms with Gasteiger partial charge in [0.2, 0.25) is 0 Å². The Morgan fingerprint density at radius 3 is 1.81 bits per heavy atom. The molecule has 0 amide bonds. The molecule has 0 saturated carbocycles. The number of non-ortho nitro benzene ring substituents is 1. The molecule has 0 spiro atoms. The molecule has 0 saturated heterocycles. The third-order valence-corrected chi connectivity index (χ3v) is 3.27.